The second kappa shape index (κ2) is 9.93. The highest BCUT2D eigenvalue weighted by Gasteiger charge is 2.40. The number of amidine groups is 1. The third-order valence-electron chi connectivity index (χ3n) is 7.61. The van der Waals surface area contributed by atoms with Gasteiger partial charge in [-0.3, -0.25) is 20.5 Å². The van der Waals surface area contributed by atoms with Crippen molar-refractivity contribution < 1.29 is 9.47 Å². The molecule has 0 bridgehead atoms. The van der Waals surface area contributed by atoms with Crippen LogP contribution in [0.25, 0.3) is 11.3 Å². The molecule has 5 heterocycles. The van der Waals surface area contributed by atoms with Gasteiger partial charge in [-0.25, -0.2) is 0 Å². The average Bonchev–Trinajstić information content (AvgIpc) is 3.56. The fraction of sp³-hybridized carbons (Fsp3) is 0.500. The summed E-state index contributed by atoms with van der Waals surface area (Å²) in [7, 11) is 5.72. The van der Waals surface area contributed by atoms with Crippen molar-refractivity contribution >= 4 is 17.3 Å². The topological polar surface area (TPSA) is 134 Å². The van der Waals surface area contributed by atoms with Crippen LogP contribution < -0.4 is 26.0 Å². The number of nitrogens with two attached hydrogens (primary N) is 1. The summed E-state index contributed by atoms with van der Waals surface area (Å²) >= 11 is 0. The number of anilines is 2. The lowest BCUT2D eigenvalue weighted by Gasteiger charge is -2.39. The first-order valence-electron chi connectivity index (χ1n) is 13.1. The molecule has 0 spiro atoms. The van der Waals surface area contributed by atoms with Gasteiger partial charge >= 0.3 is 0 Å². The molecule has 12 heteroatoms. The highest BCUT2D eigenvalue weighted by molar-refractivity contribution is 6.10. The summed E-state index contributed by atoms with van der Waals surface area (Å²) < 4.78 is 13.1. The van der Waals surface area contributed by atoms with Crippen LogP contribution in [0.3, 0.4) is 0 Å². The molecule has 3 aromatic rings. The third-order valence-corrected chi connectivity index (χ3v) is 7.61. The largest absolute Gasteiger partial charge is 0.496 e. The number of aliphatic imine (C=N–C) groups is 1. The molecule has 1 unspecified atom stereocenters. The van der Waals surface area contributed by atoms with Gasteiger partial charge in [0.25, 0.3) is 0 Å². The van der Waals surface area contributed by atoms with Crippen LogP contribution in [0.2, 0.25) is 0 Å². The number of aromatic amines is 1. The Morgan fingerprint density at radius 2 is 1.92 bits per heavy atom. The number of aromatic nitrogens is 4. The molecular weight excluding hydrogens is 484 g/mol. The lowest BCUT2D eigenvalue weighted by molar-refractivity contribution is 0.122. The number of ether oxygens (including phenoxy) is 2. The lowest BCUT2D eigenvalue weighted by Crippen LogP contribution is -2.61. The number of likely N-dealkylation sites (tertiary alicyclic amines) is 1. The first kappa shape index (κ1) is 24.7. The normalized spacial score (nSPS) is 23.7. The van der Waals surface area contributed by atoms with Crippen LogP contribution in [-0.2, 0) is 17.6 Å². The van der Waals surface area contributed by atoms with Gasteiger partial charge in [0.15, 0.2) is 11.6 Å². The first-order chi connectivity index (χ1) is 18.4. The molecule has 202 valence electrons. The van der Waals surface area contributed by atoms with Crippen LogP contribution in [0.1, 0.15) is 24.0 Å². The second-order valence-corrected chi connectivity index (χ2v) is 10.3. The Morgan fingerprint density at radius 1 is 1.13 bits per heavy atom. The number of H-pyrrole nitrogens is 1. The van der Waals surface area contributed by atoms with E-state index in [0.29, 0.717) is 30.6 Å². The zero-order chi connectivity index (χ0) is 26.3. The van der Waals surface area contributed by atoms with Gasteiger partial charge in [-0.05, 0) is 45.1 Å². The lowest BCUT2D eigenvalue weighted by atomic mass is 9.99. The van der Waals surface area contributed by atoms with Gasteiger partial charge in [0, 0.05) is 43.7 Å². The minimum Gasteiger partial charge on any atom is -0.496 e. The number of fused-ring (bicyclic) bond motifs is 1. The van der Waals surface area contributed by atoms with Gasteiger partial charge in [-0.15, -0.1) is 0 Å². The zero-order valence-corrected chi connectivity index (χ0v) is 22.2. The van der Waals surface area contributed by atoms with Crippen molar-refractivity contribution in [2.24, 2.45) is 17.8 Å². The minimum absolute atomic E-state index is 0.186. The highest BCUT2D eigenvalue weighted by Crippen LogP contribution is 2.38. The molecule has 0 aliphatic carbocycles. The van der Waals surface area contributed by atoms with Crippen LogP contribution in [-0.4, -0.2) is 90.3 Å². The summed E-state index contributed by atoms with van der Waals surface area (Å²) in [5.41, 5.74) is 11.6. The number of rotatable bonds is 5. The van der Waals surface area contributed by atoms with E-state index in [9.17, 15) is 0 Å². The molecule has 1 aromatic carbocycles. The predicted molar refractivity (Wildman–Crippen MR) is 146 cm³/mol. The first-order valence-corrected chi connectivity index (χ1v) is 13.1. The van der Waals surface area contributed by atoms with Gasteiger partial charge in [0.1, 0.15) is 11.6 Å². The molecule has 1 atom stereocenters. The van der Waals surface area contributed by atoms with E-state index in [1.807, 2.05) is 31.6 Å². The van der Waals surface area contributed by atoms with Gasteiger partial charge in [0.05, 0.1) is 49.4 Å². The third kappa shape index (κ3) is 4.59. The molecule has 2 fully saturated rings. The van der Waals surface area contributed by atoms with E-state index in [2.05, 4.69) is 48.8 Å². The summed E-state index contributed by atoms with van der Waals surface area (Å²) in [6, 6.07) is 6.31. The zero-order valence-electron chi connectivity index (χ0n) is 22.2. The Labute approximate surface area is 222 Å². The molecule has 38 heavy (non-hydrogen) atoms. The summed E-state index contributed by atoms with van der Waals surface area (Å²) in [6.07, 6.45) is 5.75. The van der Waals surface area contributed by atoms with E-state index >= 15 is 0 Å². The van der Waals surface area contributed by atoms with Crippen LogP contribution >= 0.6 is 0 Å². The van der Waals surface area contributed by atoms with E-state index in [1.165, 1.54) is 0 Å². The Hall–Kier alpha value is -3.61. The monoisotopic (exact) mass is 520 g/mol. The molecule has 0 radical (unpaired) electrons. The number of nitrogens with zero attached hydrogens (tertiary/aromatic N) is 6. The van der Waals surface area contributed by atoms with Gasteiger partial charge in [-0.1, -0.05) is 0 Å². The number of piperidine rings is 1. The quantitative estimate of drug-likeness (QED) is 0.393. The summed E-state index contributed by atoms with van der Waals surface area (Å²) in [4.78, 5) is 9.84. The van der Waals surface area contributed by atoms with Crippen molar-refractivity contribution in [1.29, 1.82) is 0 Å². The van der Waals surface area contributed by atoms with Crippen molar-refractivity contribution in [1.82, 2.24) is 30.2 Å². The van der Waals surface area contributed by atoms with Crippen molar-refractivity contribution in [3.8, 4) is 17.0 Å². The van der Waals surface area contributed by atoms with E-state index in [1.54, 1.807) is 11.8 Å². The minimum atomic E-state index is -1.19. The maximum atomic E-state index is 7.07. The average molecular weight is 521 g/mol. The summed E-state index contributed by atoms with van der Waals surface area (Å²) in [6.45, 7) is 5.13. The highest BCUT2D eigenvalue weighted by atomic mass is 16.5. The predicted octanol–water partition coefficient (Wildman–Crippen LogP) is 1.28. The Kier molecular flexibility index (Phi) is 6.46. The van der Waals surface area contributed by atoms with Crippen LogP contribution in [0, 0.1) is 0 Å². The molecule has 6 rings (SSSR count). The number of benzene rings is 1. The van der Waals surface area contributed by atoms with Crippen molar-refractivity contribution in [3.05, 3.63) is 41.7 Å². The summed E-state index contributed by atoms with van der Waals surface area (Å²) in [5, 5.41) is 19.1. The molecular formula is C26H36N10O2. The molecule has 2 aromatic heterocycles. The van der Waals surface area contributed by atoms with Crippen LogP contribution in [0.4, 0.5) is 11.5 Å². The Balaban J connectivity index is 1.40. The van der Waals surface area contributed by atoms with E-state index in [-0.39, 0.29) is 6.04 Å². The smallest absolute Gasteiger partial charge is 0.195 e. The van der Waals surface area contributed by atoms with Gasteiger partial charge in [0.2, 0.25) is 0 Å². The fourth-order valence-electron chi connectivity index (χ4n) is 5.45. The SMILES string of the molecule is COc1cc(N2CCOCC2)ccc1C1(N)NC(=NC2CCN(C)CC2)c2c(n[nH]c2-c2cnn(C)c2)N1. The molecule has 0 amide bonds. The fourth-order valence-corrected chi connectivity index (χ4v) is 5.45. The molecule has 3 aliphatic heterocycles. The maximum absolute atomic E-state index is 7.07. The van der Waals surface area contributed by atoms with Crippen molar-refractivity contribution in [2.45, 2.75) is 24.7 Å². The standard InChI is InChI=1S/C26H36N10O2/c1-34-8-6-18(7-9-34)29-24-22-23(17-15-28-35(2)16-17)32-33-25(22)31-26(27,30-24)20-5-4-19(14-21(20)37-3)36-10-12-38-13-11-36/h4-5,14-16,18H,6-13,27H2,1-3H3,(H,29,30)(H2,31,32,33). The van der Waals surface area contributed by atoms with Crippen molar-refractivity contribution in [2.75, 3.05) is 63.8 Å². The number of hydrogen-bond donors (Lipinski definition) is 4. The van der Waals surface area contributed by atoms with Crippen LogP contribution in [0.15, 0.2) is 35.6 Å². The molecule has 12 nitrogen and oxygen atoms in total. The molecule has 5 N–H and O–H groups in total. The number of nitrogens with one attached hydrogen (secondary N) is 3. The van der Waals surface area contributed by atoms with E-state index in [0.717, 1.165) is 67.1 Å². The number of morpholine rings is 1. The number of aryl methyl sites for hydroxylation is 1. The summed E-state index contributed by atoms with van der Waals surface area (Å²) in [5.74, 6) is 0.841. The van der Waals surface area contributed by atoms with Crippen molar-refractivity contribution in [3.63, 3.8) is 0 Å². The molecule has 2 saturated heterocycles. The Bertz CT molecular complexity index is 1320. The maximum Gasteiger partial charge on any atom is 0.195 e. The van der Waals surface area contributed by atoms with Gasteiger partial charge < -0.3 is 29.9 Å². The number of hydrogen-bond acceptors (Lipinski definition) is 9. The molecule has 0 saturated carbocycles. The number of methoxy groups -OCH3 is 1. The van der Waals surface area contributed by atoms with E-state index in [4.69, 9.17) is 20.2 Å². The van der Waals surface area contributed by atoms with Crippen LogP contribution in [0.5, 0.6) is 5.75 Å². The second-order valence-electron chi connectivity index (χ2n) is 10.3. The molecule has 3 aliphatic rings. The Morgan fingerprint density at radius 3 is 2.63 bits per heavy atom. The van der Waals surface area contributed by atoms with Gasteiger partial charge in [-0.2, -0.15) is 10.2 Å². The van der Waals surface area contributed by atoms with E-state index < -0.39 is 5.79 Å².